The molecule has 0 unspecified atom stereocenters. The largest absolute Gasteiger partial charge is 0.507 e. The summed E-state index contributed by atoms with van der Waals surface area (Å²) in [6.45, 7) is 11.1. The second kappa shape index (κ2) is 9.23. The summed E-state index contributed by atoms with van der Waals surface area (Å²) in [6, 6.07) is 0. The quantitative estimate of drug-likeness (QED) is 0.296. The van der Waals surface area contributed by atoms with Crippen LogP contribution in [0.5, 0.6) is 0 Å². The first-order valence-electron chi connectivity index (χ1n) is 7.54. The molecule has 21 heavy (non-hydrogen) atoms. The second-order valence-electron chi connectivity index (χ2n) is 5.83. The minimum Gasteiger partial charge on any atom is -0.350 e. The number of hydrogen-bond acceptors (Lipinski definition) is 5. The molecule has 0 aromatic heterocycles. The zero-order valence-corrected chi connectivity index (χ0v) is 15.0. The summed E-state index contributed by atoms with van der Waals surface area (Å²) >= 11 is 0. The number of ether oxygens (including phenoxy) is 2. The molecule has 0 rings (SSSR count). The third-order valence-corrected chi connectivity index (χ3v) is 3.88. The summed E-state index contributed by atoms with van der Waals surface area (Å²) < 4.78 is 32.7. The number of rotatable bonds is 12. The van der Waals surface area contributed by atoms with E-state index in [1.165, 1.54) is 0 Å². The highest BCUT2D eigenvalue weighted by atomic mass is 31.2. The summed E-state index contributed by atoms with van der Waals surface area (Å²) in [4.78, 5) is 12.0. The van der Waals surface area contributed by atoms with Crippen molar-refractivity contribution >= 4 is 7.82 Å². The lowest BCUT2D eigenvalue weighted by molar-refractivity contribution is -0.204. The fourth-order valence-electron chi connectivity index (χ4n) is 1.53. The summed E-state index contributed by atoms with van der Waals surface area (Å²) in [5, 5.41) is 0. The fourth-order valence-corrected chi connectivity index (χ4v) is 2.75. The van der Waals surface area contributed by atoms with Gasteiger partial charge in [-0.3, -0.25) is 9.05 Å². The average molecular weight is 325 g/mol. The van der Waals surface area contributed by atoms with Gasteiger partial charge in [0.05, 0.1) is 13.2 Å². The van der Waals surface area contributed by atoms with Crippen molar-refractivity contribution in [1.82, 2.24) is 0 Å². The first kappa shape index (κ1) is 21.0. The lowest BCUT2D eigenvalue weighted by Gasteiger charge is -2.31. The van der Waals surface area contributed by atoms with E-state index >= 15 is 0 Å². The van der Waals surface area contributed by atoms with Gasteiger partial charge in [-0.1, -0.05) is 26.7 Å². The van der Waals surface area contributed by atoms with Gasteiger partial charge in [-0.25, -0.2) is 4.57 Å². The maximum absolute atomic E-state index is 12.0. The van der Waals surface area contributed by atoms with Crippen LogP contribution in [0, 0.1) is 0 Å². The molecule has 0 bridgehead atoms. The number of unbranched alkanes of at least 4 members (excludes halogenated alkanes) is 2. The summed E-state index contributed by atoms with van der Waals surface area (Å²) in [5.74, 6) is -2.52. The van der Waals surface area contributed by atoms with Crippen LogP contribution in [0.1, 0.15) is 67.2 Å². The molecule has 0 saturated heterocycles. The van der Waals surface area contributed by atoms with Gasteiger partial charge in [-0.05, 0) is 40.5 Å². The van der Waals surface area contributed by atoms with Crippen molar-refractivity contribution in [3.05, 3.63) is 0 Å². The molecular formula is C14H30O6P. The normalized spacial score (nSPS) is 13.7. The molecular weight excluding hydrogens is 295 g/mol. The van der Waals surface area contributed by atoms with Crippen LogP contribution in [0.4, 0.5) is 0 Å². The van der Waals surface area contributed by atoms with E-state index in [0.717, 1.165) is 25.7 Å². The SMILES string of the molecule is CCCCOC(C)(C)OP([O])(=O)OC(C)(C)OCCCC. The first-order chi connectivity index (χ1) is 9.54. The van der Waals surface area contributed by atoms with Gasteiger partial charge in [-0.2, -0.15) is 0 Å². The maximum Gasteiger partial charge on any atom is 0.507 e. The second-order valence-corrected chi connectivity index (χ2v) is 7.09. The highest BCUT2D eigenvalue weighted by molar-refractivity contribution is 7.47. The molecule has 0 spiro atoms. The van der Waals surface area contributed by atoms with Crippen LogP contribution in [0.25, 0.3) is 0 Å². The van der Waals surface area contributed by atoms with Crippen LogP contribution in [-0.4, -0.2) is 24.8 Å². The molecule has 1 radical (unpaired) electrons. The third-order valence-electron chi connectivity index (χ3n) is 2.56. The predicted molar refractivity (Wildman–Crippen MR) is 80.3 cm³/mol. The van der Waals surface area contributed by atoms with Gasteiger partial charge in [0.25, 0.3) is 0 Å². The van der Waals surface area contributed by atoms with E-state index in [1.54, 1.807) is 27.7 Å². The lowest BCUT2D eigenvalue weighted by atomic mass is 10.3. The molecule has 0 fully saturated rings. The van der Waals surface area contributed by atoms with Crippen molar-refractivity contribution in [1.29, 1.82) is 0 Å². The Morgan fingerprint density at radius 3 is 1.43 bits per heavy atom. The zero-order valence-electron chi connectivity index (χ0n) is 14.1. The molecule has 6 nitrogen and oxygen atoms in total. The molecule has 7 heteroatoms. The molecule has 0 aliphatic carbocycles. The van der Waals surface area contributed by atoms with Crippen LogP contribution in [0.15, 0.2) is 0 Å². The molecule has 0 heterocycles. The van der Waals surface area contributed by atoms with Gasteiger partial charge in [-0.15, -0.1) is 4.89 Å². The van der Waals surface area contributed by atoms with E-state index in [0.29, 0.717) is 13.2 Å². The lowest BCUT2D eigenvalue weighted by Crippen LogP contribution is -2.32. The molecule has 0 aromatic rings. The Morgan fingerprint density at radius 2 is 1.14 bits per heavy atom. The molecule has 0 saturated carbocycles. The monoisotopic (exact) mass is 325 g/mol. The van der Waals surface area contributed by atoms with Crippen molar-refractivity contribution in [3.63, 3.8) is 0 Å². The molecule has 0 aromatic carbocycles. The Balaban J connectivity index is 4.42. The average Bonchev–Trinajstić information content (AvgIpc) is 2.25. The minimum absolute atomic E-state index is 0.430. The number of hydrogen-bond donors (Lipinski definition) is 0. The summed E-state index contributed by atoms with van der Waals surface area (Å²) in [7, 11) is -4.53. The Hall–Kier alpha value is 0.0300. The highest BCUT2D eigenvalue weighted by Crippen LogP contribution is 2.52. The van der Waals surface area contributed by atoms with E-state index < -0.39 is 19.4 Å². The van der Waals surface area contributed by atoms with Crippen molar-refractivity contribution in [2.45, 2.75) is 78.8 Å². The Bertz CT molecular complexity index is 301. The molecule has 0 atom stereocenters. The molecule has 0 aliphatic heterocycles. The van der Waals surface area contributed by atoms with E-state index in [9.17, 15) is 9.46 Å². The van der Waals surface area contributed by atoms with Crippen molar-refractivity contribution in [3.8, 4) is 0 Å². The molecule has 0 N–H and O–H groups in total. The van der Waals surface area contributed by atoms with Gasteiger partial charge in [0.1, 0.15) is 0 Å². The van der Waals surface area contributed by atoms with E-state index in [1.807, 2.05) is 13.8 Å². The van der Waals surface area contributed by atoms with Crippen LogP contribution in [0.3, 0.4) is 0 Å². The fraction of sp³-hybridized carbons (Fsp3) is 1.00. The molecule has 0 amide bonds. The summed E-state index contributed by atoms with van der Waals surface area (Å²) in [6.07, 6.45) is 3.59. The van der Waals surface area contributed by atoms with Crippen LogP contribution in [-0.2, 0) is 28.0 Å². The zero-order chi connectivity index (χ0) is 16.6. The van der Waals surface area contributed by atoms with Crippen LogP contribution >= 0.6 is 7.82 Å². The highest BCUT2D eigenvalue weighted by Gasteiger charge is 2.40. The topological polar surface area (TPSA) is 73.9 Å². The predicted octanol–water partition coefficient (Wildman–Crippen LogP) is 4.66. The van der Waals surface area contributed by atoms with Gasteiger partial charge in [0.15, 0.2) is 11.6 Å². The standard InChI is InChI=1S/C14H30O6P/c1-7-9-11-17-13(3,4)19-21(15,16)20-14(5,6)18-12-10-8-2/h7-12H2,1-6H3. The Morgan fingerprint density at radius 1 is 0.810 bits per heavy atom. The van der Waals surface area contributed by atoms with E-state index in [2.05, 4.69) is 0 Å². The molecule has 127 valence electrons. The minimum atomic E-state index is -4.53. The van der Waals surface area contributed by atoms with Crippen molar-refractivity contribution in [2.75, 3.05) is 13.2 Å². The smallest absolute Gasteiger partial charge is 0.350 e. The van der Waals surface area contributed by atoms with Gasteiger partial charge in [0, 0.05) is 0 Å². The van der Waals surface area contributed by atoms with E-state index in [-0.39, 0.29) is 0 Å². The van der Waals surface area contributed by atoms with E-state index in [4.69, 9.17) is 18.5 Å². The van der Waals surface area contributed by atoms with Gasteiger partial charge < -0.3 is 9.47 Å². The van der Waals surface area contributed by atoms with Crippen LogP contribution < -0.4 is 0 Å². The Kier molecular flexibility index (Phi) is 9.25. The van der Waals surface area contributed by atoms with Gasteiger partial charge >= 0.3 is 7.82 Å². The third kappa shape index (κ3) is 11.3. The van der Waals surface area contributed by atoms with Crippen molar-refractivity contribution < 1.29 is 28.0 Å². The molecule has 0 aliphatic rings. The maximum atomic E-state index is 12.0. The first-order valence-corrected chi connectivity index (χ1v) is 9.00. The summed E-state index contributed by atoms with van der Waals surface area (Å²) in [5.41, 5.74) is 0. The Labute approximate surface area is 128 Å². The van der Waals surface area contributed by atoms with Crippen LogP contribution in [0.2, 0.25) is 0 Å². The van der Waals surface area contributed by atoms with Crippen molar-refractivity contribution in [2.24, 2.45) is 0 Å². The van der Waals surface area contributed by atoms with Gasteiger partial charge in [0.2, 0.25) is 0 Å².